The van der Waals surface area contributed by atoms with E-state index in [0.29, 0.717) is 30.0 Å². The van der Waals surface area contributed by atoms with Gasteiger partial charge in [-0.1, -0.05) is 12.1 Å². The molecule has 1 heterocycles. The van der Waals surface area contributed by atoms with Crippen molar-refractivity contribution in [2.75, 3.05) is 25.5 Å². The van der Waals surface area contributed by atoms with Crippen molar-refractivity contribution in [2.24, 2.45) is 0 Å². The fourth-order valence-corrected chi connectivity index (χ4v) is 2.24. The van der Waals surface area contributed by atoms with Crippen molar-refractivity contribution in [1.82, 2.24) is 15.6 Å². The minimum Gasteiger partial charge on any atom is -0.362 e. The van der Waals surface area contributed by atoms with Crippen molar-refractivity contribution in [2.45, 2.75) is 13.5 Å². The predicted molar refractivity (Wildman–Crippen MR) is 94.2 cm³/mol. The third kappa shape index (κ3) is 4.32. The van der Waals surface area contributed by atoms with E-state index >= 15 is 0 Å². The maximum atomic E-state index is 12.4. The van der Waals surface area contributed by atoms with Gasteiger partial charge >= 0.3 is 0 Å². The van der Waals surface area contributed by atoms with Gasteiger partial charge in [-0.25, -0.2) is 4.98 Å². The van der Waals surface area contributed by atoms with Gasteiger partial charge in [0.05, 0.1) is 5.56 Å². The zero-order chi connectivity index (χ0) is 17.5. The molecule has 0 fully saturated rings. The largest absolute Gasteiger partial charge is 0.362 e. The van der Waals surface area contributed by atoms with Crippen LogP contribution >= 0.6 is 0 Å². The van der Waals surface area contributed by atoms with Crippen LogP contribution in [0, 0.1) is 0 Å². The van der Waals surface area contributed by atoms with Gasteiger partial charge in [0.15, 0.2) is 0 Å². The highest BCUT2D eigenvalue weighted by molar-refractivity contribution is 5.98. The first-order valence-corrected chi connectivity index (χ1v) is 7.80. The maximum Gasteiger partial charge on any atom is 0.255 e. The van der Waals surface area contributed by atoms with Gasteiger partial charge < -0.3 is 15.5 Å². The van der Waals surface area contributed by atoms with Crippen LogP contribution in [-0.2, 0) is 6.54 Å². The molecule has 24 heavy (non-hydrogen) atoms. The van der Waals surface area contributed by atoms with Crippen molar-refractivity contribution in [3.8, 4) is 0 Å². The smallest absolute Gasteiger partial charge is 0.255 e. The van der Waals surface area contributed by atoms with Crippen molar-refractivity contribution >= 4 is 17.6 Å². The van der Waals surface area contributed by atoms with E-state index < -0.39 is 0 Å². The Balaban J connectivity index is 2.01. The molecule has 0 radical (unpaired) electrons. The molecule has 0 saturated carbocycles. The standard InChI is InChI=1S/C18H22N4O2/c1-4-19-17(23)14-9-7-13(8-10-14)12-21-18(24)15-6-5-11-20-16(15)22(2)3/h5-11H,4,12H2,1-3H3,(H,19,23)(H,21,24). The van der Waals surface area contributed by atoms with Crippen LogP contribution in [0.15, 0.2) is 42.6 Å². The SMILES string of the molecule is CCNC(=O)c1ccc(CNC(=O)c2cccnc2N(C)C)cc1. The van der Waals surface area contributed by atoms with Crippen LogP contribution in [-0.4, -0.2) is 37.4 Å². The van der Waals surface area contributed by atoms with Gasteiger partial charge in [-0.2, -0.15) is 0 Å². The lowest BCUT2D eigenvalue weighted by Crippen LogP contribution is -2.26. The van der Waals surface area contributed by atoms with Crippen LogP contribution in [0.25, 0.3) is 0 Å². The second-order valence-corrected chi connectivity index (χ2v) is 5.51. The Morgan fingerprint density at radius 2 is 1.75 bits per heavy atom. The lowest BCUT2D eigenvalue weighted by atomic mass is 10.1. The highest BCUT2D eigenvalue weighted by Crippen LogP contribution is 2.14. The second-order valence-electron chi connectivity index (χ2n) is 5.51. The predicted octanol–water partition coefficient (Wildman–Crippen LogP) is 1.83. The van der Waals surface area contributed by atoms with E-state index in [2.05, 4.69) is 15.6 Å². The van der Waals surface area contributed by atoms with Gasteiger partial charge in [-0.15, -0.1) is 0 Å². The van der Waals surface area contributed by atoms with Crippen molar-refractivity contribution in [1.29, 1.82) is 0 Å². The molecule has 2 rings (SSSR count). The quantitative estimate of drug-likeness (QED) is 0.849. The number of nitrogens with one attached hydrogen (secondary N) is 2. The summed E-state index contributed by atoms with van der Waals surface area (Å²) in [5.74, 6) is 0.347. The summed E-state index contributed by atoms with van der Waals surface area (Å²) in [5.41, 5.74) is 2.06. The topological polar surface area (TPSA) is 74.3 Å². The molecule has 0 saturated heterocycles. The first-order valence-electron chi connectivity index (χ1n) is 7.80. The average molecular weight is 326 g/mol. The summed E-state index contributed by atoms with van der Waals surface area (Å²) < 4.78 is 0. The molecule has 0 unspecified atom stereocenters. The third-order valence-corrected chi connectivity index (χ3v) is 3.46. The zero-order valence-corrected chi connectivity index (χ0v) is 14.2. The minimum absolute atomic E-state index is 0.0981. The first kappa shape index (κ1) is 17.5. The molecule has 0 aliphatic rings. The molecule has 2 aromatic rings. The number of benzene rings is 1. The van der Waals surface area contributed by atoms with Gasteiger partial charge in [0.25, 0.3) is 11.8 Å². The summed E-state index contributed by atoms with van der Waals surface area (Å²) in [6.45, 7) is 2.86. The van der Waals surface area contributed by atoms with Crippen LogP contribution in [0.4, 0.5) is 5.82 Å². The van der Waals surface area contributed by atoms with E-state index in [9.17, 15) is 9.59 Å². The molecular weight excluding hydrogens is 304 g/mol. The summed E-state index contributed by atoms with van der Waals surface area (Å²) in [5, 5.41) is 5.63. The van der Waals surface area contributed by atoms with Gasteiger partial charge in [0, 0.05) is 38.9 Å². The molecule has 2 amide bonds. The molecule has 0 aliphatic heterocycles. The Hall–Kier alpha value is -2.89. The molecule has 126 valence electrons. The summed E-state index contributed by atoms with van der Waals surface area (Å²) in [6.07, 6.45) is 1.66. The first-order chi connectivity index (χ1) is 11.5. The van der Waals surface area contributed by atoms with Gasteiger partial charge in [-0.05, 0) is 36.8 Å². The van der Waals surface area contributed by atoms with E-state index in [-0.39, 0.29) is 11.8 Å². The van der Waals surface area contributed by atoms with Gasteiger partial charge in [-0.3, -0.25) is 9.59 Å². The number of hydrogen-bond donors (Lipinski definition) is 2. The number of nitrogens with zero attached hydrogens (tertiary/aromatic N) is 2. The van der Waals surface area contributed by atoms with E-state index in [0.717, 1.165) is 5.56 Å². The summed E-state index contributed by atoms with van der Waals surface area (Å²) >= 11 is 0. The normalized spacial score (nSPS) is 10.1. The van der Waals surface area contributed by atoms with Crippen LogP contribution < -0.4 is 15.5 Å². The lowest BCUT2D eigenvalue weighted by Gasteiger charge is -2.15. The average Bonchev–Trinajstić information content (AvgIpc) is 2.60. The second kappa shape index (κ2) is 8.10. The Labute approximate surface area is 141 Å². The minimum atomic E-state index is -0.181. The molecular formula is C18H22N4O2. The number of rotatable bonds is 6. The molecule has 1 aromatic carbocycles. The fourth-order valence-electron chi connectivity index (χ4n) is 2.24. The van der Waals surface area contributed by atoms with Crippen LogP contribution in [0.3, 0.4) is 0 Å². The number of hydrogen-bond acceptors (Lipinski definition) is 4. The molecule has 0 aliphatic carbocycles. The summed E-state index contributed by atoms with van der Waals surface area (Å²) in [7, 11) is 3.69. The van der Waals surface area contributed by atoms with E-state index in [4.69, 9.17) is 0 Å². The number of pyridine rings is 1. The number of amides is 2. The number of aromatic nitrogens is 1. The van der Waals surface area contributed by atoms with E-state index in [1.54, 1.807) is 35.4 Å². The number of carbonyl (C=O) groups is 2. The Kier molecular flexibility index (Phi) is 5.89. The summed E-state index contributed by atoms with van der Waals surface area (Å²) in [4.78, 5) is 30.1. The highest BCUT2D eigenvalue weighted by Gasteiger charge is 2.13. The molecule has 1 aromatic heterocycles. The molecule has 2 N–H and O–H groups in total. The Morgan fingerprint density at radius 3 is 2.38 bits per heavy atom. The Morgan fingerprint density at radius 1 is 1.04 bits per heavy atom. The number of anilines is 1. The van der Waals surface area contributed by atoms with Gasteiger partial charge in [0.1, 0.15) is 5.82 Å². The van der Waals surface area contributed by atoms with Crippen molar-refractivity contribution < 1.29 is 9.59 Å². The van der Waals surface area contributed by atoms with Crippen LogP contribution in [0.2, 0.25) is 0 Å². The van der Waals surface area contributed by atoms with Crippen molar-refractivity contribution in [3.05, 3.63) is 59.3 Å². The lowest BCUT2D eigenvalue weighted by molar-refractivity contribution is 0.0944. The van der Waals surface area contributed by atoms with E-state index in [1.807, 2.05) is 33.2 Å². The monoisotopic (exact) mass is 326 g/mol. The van der Waals surface area contributed by atoms with Gasteiger partial charge in [0.2, 0.25) is 0 Å². The molecule has 0 atom stereocenters. The molecule has 0 bridgehead atoms. The fraction of sp³-hybridized carbons (Fsp3) is 0.278. The van der Waals surface area contributed by atoms with Crippen LogP contribution in [0.1, 0.15) is 33.2 Å². The highest BCUT2D eigenvalue weighted by atomic mass is 16.2. The zero-order valence-electron chi connectivity index (χ0n) is 14.2. The summed E-state index contributed by atoms with van der Waals surface area (Å²) in [6, 6.07) is 10.7. The maximum absolute atomic E-state index is 12.4. The molecule has 6 heteroatoms. The Bertz CT molecular complexity index is 711. The van der Waals surface area contributed by atoms with Crippen molar-refractivity contribution in [3.63, 3.8) is 0 Å². The van der Waals surface area contributed by atoms with Crippen LogP contribution in [0.5, 0.6) is 0 Å². The third-order valence-electron chi connectivity index (χ3n) is 3.46. The molecule has 6 nitrogen and oxygen atoms in total. The van der Waals surface area contributed by atoms with E-state index in [1.165, 1.54) is 0 Å². The number of carbonyl (C=O) groups excluding carboxylic acids is 2. The molecule has 0 spiro atoms.